The normalized spacial score (nSPS) is 10.3. The second-order valence-corrected chi connectivity index (χ2v) is 5.67. The second kappa shape index (κ2) is 10.1. The molecule has 5 nitrogen and oxygen atoms in total. The van der Waals surface area contributed by atoms with Gasteiger partial charge in [-0.2, -0.15) is 0 Å². The van der Waals surface area contributed by atoms with E-state index in [9.17, 15) is 4.79 Å². The molecule has 0 spiro atoms. The molecule has 20 heavy (non-hydrogen) atoms. The largest absolute Gasteiger partial charge is 0.483 e. The molecule has 0 radical (unpaired) electrons. The highest BCUT2D eigenvalue weighted by Crippen LogP contribution is 2.27. The maximum atomic E-state index is 11.5. The summed E-state index contributed by atoms with van der Waals surface area (Å²) in [5, 5.41) is 11.2. The molecular formula is C13H17Br2NO4. The first-order valence-electron chi connectivity index (χ1n) is 6.16. The highest BCUT2D eigenvalue weighted by molar-refractivity contribution is 9.11. The lowest BCUT2D eigenvalue weighted by Crippen LogP contribution is -2.30. The van der Waals surface area contributed by atoms with E-state index >= 15 is 0 Å². The molecule has 1 aromatic carbocycles. The first-order valence-corrected chi connectivity index (χ1v) is 7.75. The van der Waals surface area contributed by atoms with Crippen molar-refractivity contribution in [3.05, 3.63) is 27.1 Å². The lowest BCUT2D eigenvalue weighted by atomic mass is 10.3. The van der Waals surface area contributed by atoms with E-state index in [1.165, 1.54) is 0 Å². The predicted molar refractivity (Wildman–Crippen MR) is 82.9 cm³/mol. The van der Waals surface area contributed by atoms with Crippen LogP contribution in [0.2, 0.25) is 0 Å². The van der Waals surface area contributed by atoms with Crippen LogP contribution >= 0.6 is 31.9 Å². The third-order valence-corrected chi connectivity index (χ3v) is 3.39. The number of hydrogen-bond donors (Lipinski definition) is 2. The maximum absolute atomic E-state index is 11.5. The number of carbonyl (C=O) groups excluding carboxylic acids is 1. The van der Waals surface area contributed by atoms with Gasteiger partial charge >= 0.3 is 0 Å². The number of nitrogens with one attached hydrogen (secondary N) is 1. The van der Waals surface area contributed by atoms with Crippen LogP contribution < -0.4 is 10.1 Å². The van der Waals surface area contributed by atoms with Gasteiger partial charge in [-0.05, 0) is 40.5 Å². The zero-order valence-electron chi connectivity index (χ0n) is 10.9. The summed E-state index contributed by atoms with van der Waals surface area (Å²) >= 11 is 6.71. The molecule has 0 heterocycles. The van der Waals surface area contributed by atoms with Crippen molar-refractivity contribution in [2.24, 2.45) is 0 Å². The van der Waals surface area contributed by atoms with Gasteiger partial charge < -0.3 is 19.9 Å². The Kier molecular flexibility index (Phi) is 8.84. The van der Waals surface area contributed by atoms with Gasteiger partial charge in [0.1, 0.15) is 5.75 Å². The van der Waals surface area contributed by atoms with Crippen molar-refractivity contribution in [3.63, 3.8) is 0 Å². The van der Waals surface area contributed by atoms with Crippen LogP contribution in [0.3, 0.4) is 0 Å². The Bertz CT molecular complexity index is 429. The standard InChI is InChI=1S/C13H17Br2NO4/c14-10-2-3-12(11(15)8-10)20-9-13(18)16-4-1-6-19-7-5-17/h2-3,8,17H,1,4-7,9H2,(H,16,18). The first-order chi connectivity index (χ1) is 9.63. The molecule has 0 aliphatic rings. The first kappa shape index (κ1) is 17.4. The Morgan fingerprint density at radius 2 is 2.10 bits per heavy atom. The number of amides is 1. The molecule has 1 amide bonds. The van der Waals surface area contributed by atoms with Crippen molar-refractivity contribution in [1.82, 2.24) is 5.32 Å². The molecule has 0 saturated heterocycles. The molecular weight excluding hydrogens is 394 g/mol. The van der Waals surface area contributed by atoms with Crippen LogP contribution in [0.25, 0.3) is 0 Å². The van der Waals surface area contributed by atoms with Crippen LogP contribution in [-0.4, -0.2) is 44.0 Å². The molecule has 0 aromatic heterocycles. The summed E-state index contributed by atoms with van der Waals surface area (Å²) in [6, 6.07) is 5.48. The fourth-order valence-corrected chi connectivity index (χ4v) is 2.52. The lowest BCUT2D eigenvalue weighted by Gasteiger charge is -2.09. The van der Waals surface area contributed by atoms with Crippen LogP contribution in [0.1, 0.15) is 6.42 Å². The van der Waals surface area contributed by atoms with E-state index < -0.39 is 0 Å². The van der Waals surface area contributed by atoms with Crippen molar-refractivity contribution in [1.29, 1.82) is 0 Å². The van der Waals surface area contributed by atoms with Crippen molar-refractivity contribution in [2.75, 3.05) is 33.0 Å². The van der Waals surface area contributed by atoms with Gasteiger partial charge in [0.2, 0.25) is 0 Å². The molecule has 1 rings (SSSR count). The molecule has 2 N–H and O–H groups in total. The highest BCUT2D eigenvalue weighted by Gasteiger charge is 2.05. The van der Waals surface area contributed by atoms with Gasteiger partial charge in [-0.15, -0.1) is 0 Å². The Balaban J connectivity index is 2.16. The monoisotopic (exact) mass is 409 g/mol. The second-order valence-electron chi connectivity index (χ2n) is 3.90. The van der Waals surface area contributed by atoms with E-state index in [0.717, 1.165) is 8.95 Å². The molecule has 0 unspecified atom stereocenters. The van der Waals surface area contributed by atoms with Crippen LogP contribution in [0.15, 0.2) is 27.1 Å². The van der Waals surface area contributed by atoms with E-state index in [-0.39, 0.29) is 19.1 Å². The zero-order valence-corrected chi connectivity index (χ0v) is 14.1. The van der Waals surface area contributed by atoms with Gasteiger partial charge in [0.15, 0.2) is 6.61 Å². The van der Waals surface area contributed by atoms with Gasteiger partial charge in [0.05, 0.1) is 17.7 Å². The lowest BCUT2D eigenvalue weighted by molar-refractivity contribution is -0.123. The summed E-state index contributed by atoms with van der Waals surface area (Å²) < 4.78 is 12.2. The van der Waals surface area contributed by atoms with Crippen molar-refractivity contribution in [2.45, 2.75) is 6.42 Å². The molecule has 0 saturated carbocycles. The SMILES string of the molecule is O=C(COc1ccc(Br)cc1Br)NCCCOCCO. The third kappa shape index (κ3) is 7.23. The Hall–Kier alpha value is -0.630. The van der Waals surface area contributed by atoms with E-state index in [1.54, 1.807) is 6.07 Å². The van der Waals surface area contributed by atoms with E-state index in [4.69, 9.17) is 14.6 Å². The summed E-state index contributed by atoms with van der Waals surface area (Å²) in [5.41, 5.74) is 0. The Morgan fingerprint density at radius 3 is 2.80 bits per heavy atom. The van der Waals surface area contributed by atoms with E-state index in [1.807, 2.05) is 12.1 Å². The third-order valence-electron chi connectivity index (χ3n) is 2.28. The summed E-state index contributed by atoms with van der Waals surface area (Å²) in [6.45, 7) is 1.35. The number of benzene rings is 1. The smallest absolute Gasteiger partial charge is 0.257 e. The van der Waals surface area contributed by atoms with E-state index in [0.29, 0.717) is 31.9 Å². The van der Waals surface area contributed by atoms with Crippen LogP contribution in [-0.2, 0) is 9.53 Å². The van der Waals surface area contributed by atoms with Gasteiger partial charge in [-0.3, -0.25) is 4.79 Å². The summed E-state index contributed by atoms with van der Waals surface area (Å²) in [4.78, 5) is 11.5. The number of carbonyl (C=O) groups is 1. The molecule has 0 bridgehead atoms. The fourth-order valence-electron chi connectivity index (χ4n) is 1.36. The molecule has 0 aliphatic heterocycles. The summed E-state index contributed by atoms with van der Waals surface area (Å²) in [6.07, 6.45) is 0.702. The molecule has 7 heteroatoms. The zero-order chi connectivity index (χ0) is 14.8. The average molecular weight is 411 g/mol. The molecule has 112 valence electrons. The number of hydrogen-bond acceptors (Lipinski definition) is 4. The van der Waals surface area contributed by atoms with Gasteiger partial charge in [0.25, 0.3) is 5.91 Å². The highest BCUT2D eigenvalue weighted by atomic mass is 79.9. The van der Waals surface area contributed by atoms with Crippen LogP contribution in [0, 0.1) is 0 Å². The van der Waals surface area contributed by atoms with Crippen molar-refractivity contribution in [3.8, 4) is 5.75 Å². The minimum absolute atomic E-state index is 0.0161. The minimum Gasteiger partial charge on any atom is -0.483 e. The number of halogens is 2. The maximum Gasteiger partial charge on any atom is 0.257 e. The number of aliphatic hydroxyl groups excluding tert-OH is 1. The van der Waals surface area contributed by atoms with Gasteiger partial charge in [-0.1, -0.05) is 15.9 Å². The van der Waals surface area contributed by atoms with Crippen LogP contribution in [0.4, 0.5) is 0 Å². The molecule has 0 aliphatic carbocycles. The van der Waals surface area contributed by atoms with Gasteiger partial charge in [-0.25, -0.2) is 0 Å². The minimum atomic E-state index is -0.179. The van der Waals surface area contributed by atoms with Crippen molar-refractivity contribution < 1.29 is 19.4 Å². The fraction of sp³-hybridized carbons (Fsp3) is 0.462. The molecule has 0 fully saturated rings. The molecule has 1 aromatic rings. The van der Waals surface area contributed by atoms with Crippen LogP contribution in [0.5, 0.6) is 5.75 Å². The topological polar surface area (TPSA) is 67.8 Å². The van der Waals surface area contributed by atoms with E-state index in [2.05, 4.69) is 37.2 Å². The summed E-state index contributed by atoms with van der Waals surface area (Å²) in [7, 11) is 0. The predicted octanol–water partition coefficient (Wildman–Crippen LogP) is 2.11. The Morgan fingerprint density at radius 1 is 1.30 bits per heavy atom. The average Bonchev–Trinajstić information content (AvgIpc) is 2.41. The van der Waals surface area contributed by atoms with Crippen molar-refractivity contribution >= 4 is 37.8 Å². The number of ether oxygens (including phenoxy) is 2. The Labute approximate surface area is 134 Å². The quantitative estimate of drug-likeness (QED) is 0.612. The number of rotatable bonds is 9. The van der Waals surface area contributed by atoms with Gasteiger partial charge in [0, 0.05) is 17.6 Å². The molecule has 0 atom stereocenters. The summed E-state index contributed by atoms with van der Waals surface area (Å²) in [5.74, 6) is 0.441. The number of aliphatic hydroxyl groups is 1.